The van der Waals surface area contributed by atoms with Crippen LogP contribution in [0.15, 0.2) is 24.3 Å². The molecule has 6 heteroatoms. The molecule has 3 rings (SSSR count). The molecule has 1 heterocycles. The standard InChI is InChI=1S/C11H11NO4S/c1-17(14,15)12-10-8-5-3-2-4-7(8)6-9(10)16-11(12)13/h2-5,9-10H,6H2,1H3/t9-,10+/m1/s1. The average Bonchev–Trinajstić information content (AvgIpc) is 2.70. The van der Waals surface area contributed by atoms with Crippen LogP contribution in [0.5, 0.6) is 0 Å². The van der Waals surface area contributed by atoms with E-state index in [1.54, 1.807) is 0 Å². The van der Waals surface area contributed by atoms with Crippen molar-refractivity contribution in [3.8, 4) is 0 Å². The third-order valence-electron chi connectivity index (χ3n) is 3.19. The summed E-state index contributed by atoms with van der Waals surface area (Å²) in [6.45, 7) is 0. The Bertz CT molecular complexity index is 595. The second kappa shape index (κ2) is 3.22. The molecular weight excluding hydrogens is 242 g/mol. The van der Waals surface area contributed by atoms with Gasteiger partial charge in [-0.25, -0.2) is 13.2 Å². The van der Waals surface area contributed by atoms with Crippen molar-refractivity contribution in [1.82, 2.24) is 4.31 Å². The van der Waals surface area contributed by atoms with Gasteiger partial charge in [0.25, 0.3) is 0 Å². The number of nitrogens with zero attached hydrogens (tertiary/aromatic N) is 1. The van der Waals surface area contributed by atoms with Crippen molar-refractivity contribution in [3.63, 3.8) is 0 Å². The van der Waals surface area contributed by atoms with Crippen molar-refractivity contribution in [2.75, 3.05) is 6.26 Å². The van der Waals surface area contributed by atoms with Crippen molar-refractivity contribution in [2.45, 2.75) is 18.6 Å². The summed E-state index contributed by atoms with van der Waals surface area (Å²) < 4.78 is 29.2. The highest BCUT2D eigenvalue weighted by molar-refractivity contribution is 7.88. The van der Waals surface area contributed by atoms with E-state index in [1.165, 1.54) is 0 Å². The highest BCUT2D eigenvalue weighted by atomic mass is 32.2. The molecule has 17 heavy (non-hydrogen) atoms. The fourth-order valence-corrected chi connectivity index (χ4v) is 3.53. The molecule has 90 valence electrons. The van der Waals surface area contributed by atoms with Crippen LogP contribution in [-0.2, 0) is 21.2 Å². The number of fused-ring (bicyclic) bond motifs is 3. The molecule has 1 aromatic rings. The molecule has 2 atom stereocenters. The second-order valence-electron chi connectivity index (χ2n) is 4.33. The molecule has 0 saturated carbocycles. The van der Waals surface area contributed by atoms with Gasteiger partial charge in [0.1, 0.15) is 12.1 Å². The van der Waals surface area contributed by atoms with E-state index < -0.39 is 22.2 Å². The zero-order valence-electron chi connectivity index (χ0n) is 9.16. The average molecular weight is 253 g/mol. The van der Waals surface area contributed by atoms with Crippen molar-refractivity contribution < 1.29 is 17.9 Å². The van der Waals surface area contributed by atoms with Crippen LogP contribution in [0.1, 0.15) is 17.2 Å². The van der Waals surface area contributed by atoms with Gasteiger partial charge in [-0.05, 0) is 11.1 Å². The number of ether oxygens (including phenoxy) is 1. The lowest BCUT2D eigenvalue weighted by Gasteiger charge is -2.18. The van der Waals surface area contributed by atoms with E-state index >= 15 is 0 Å². The Morgan fingerprint density at radius 3 is 2.76 bits per heavy atom. The monoisotopic (exact) mass is 253 g/mol. The topological polar surface area (TPSA) is 63.7 Å². The lowest BCUT2D eigenvalue weighted by Crippen LogP contribution is -2.33. The van der Waals surface area contributed by atoms with Gasteiger partial charge in [0.05, 0.1) is 6.26 Å². The number of carbonyl (C=O) groups excluding carboxylic acids is 1. The van der Waals surface area contributed by atoms with Gasteiger partial charge >= 0.3 is 6.09 Å². The molecule has 0 spiro atoms. The predicted molar refractivity (Wildman–Crippen MR) is 59.8 cm³/mol. The Balaban J connectivity index is 2.13. The number of benzene rings is 1. The summed E-state index contributed by atoms with van der Waals surface area (Å²) in [5, 5.41) is 0. The highest BCUT2D eigenvalue weighted by Gasteiger charge is 2.51. The van der Waals surface area contributed by atoms with Crippen molar-refractivity contribution in [1.29, 1.82) is 0 Å². The first-order valence-electron chi connectivity index (χ1n) is 5.26. The number of hydrogen-bond donors (Lipinski definition) is 0. The maximum Gasteiger partial charge on any atom is 0.424 e. The van der Waals surface area contributed by atoms with Gasteiger partial charge in [0.2, 0.25) is 10.0 Å². The molecular formula is C11H11NO4S. The van der Waals surface area contributed by atoms with Gasteiger partial charge in [0.15, 0.2) is 0 Å². The molecule has 0 radical (unpaired) electrons. The molecule has 2 aliphatic rings. The third kappa shape index (κ3) is 1.44. The molecule has 1 aromatic carbocycles. The van der Waals surface area contributed by atoms with Crippen molar-refractivity contribution in [3.05, 3.63) is 35.4 Å². The van der Waals surface area contributed by atoms with Crippen LogP contribution in [0.3, 0.4) is 0 Å². The second-order valence-corrected chi connectivity index (χ2v) is 6.19. The predicted octanol–water partition coefficient (Wildman–Crippen LogP) is 1.06. The lowest BCUT2D eigenvalue weighted by atomic mass is 10.1. The first kappa shape index (κ1) is 10.6. The quantitative estimate of drug-likeness (QED) is 0.751. The molecule has 0 aromatic heterocycles. The van der Waals surface area contributed by atoms with E-state index in [0.29, 0.717) is 6.42 Å². The van der Waals surface area contributed by atoms with E-state index in [2.05, 4.69) is 0 Å². The molecule has 5 nitrogen and oxygen atoms in total. The number of sulfonamides is 1. The minimum Gasteiger partial charge on any atom is -0.442 e. The van der Waals surface area contributed by atoms with Gasteiger partial charge in [-0.1, -0.05) is 24.3 Å². The summed E-state index contributed by atoms with van der Waals surface area (Å²) in [4.78, 5) is 11.6. The van der Waals surface area contributed by atoms with Crippen molar-refractivity contribution in [2.24, 2.45) is 0 Å². The number of amides is 1. The van der Waals surface area contributed by atoms with E-state index in [9.17, 15) is 13.2 Å². The number of hydrogen-bond acceptors (Lipinski definition) is 4. The minimum atomic E-state index is -3.59. The molecule has 0 bridgehead atoms. The van der Waals surface area contributed by atoms with E-state index in [4.69, 9.17) is 4.74 Å². The Labute approximate surface area is 99.0 Å². The van der Waals surface area contributed by atoms with Crippen LogP contribution in [0.25, 0.3) is 0 Å². The van der Waals surface area contributed by atoms with Gasteiger partial charge in [0, 0.05) is 6.42 Å². The molecule has 1 saturated heterocycles. The summed E-state index contributed by atoms with van der Waals surface area (Å²) in [5.74, 6) is 0. The minimum absolute atomic E-state index is 0.380. The first-order chi connectivity index (χ1) is 7.98. The van der Waals surface area contributed by atoms with Crippen molar-refractivity contribution >= 4 is 16.1 Å². The summed E-state index contributed by atoms with van der Waals surface area (Å²) in [6.07, 6.45) is 0.461. The van der Waals surface area contributed by atoms with Crippen LogP contribution in [0.2, 0.25) is 0 Å². The van der Waals surface area contributed by atoms with Crippen LogP contribution in [-0.4, -0.2) is 31.2 Å². The Morgan fingerprint density at radius 1 is 1.35 bits per heavy atom. The summed E-state index contributed by atoms with van der Waals surface area (Å²) in [7, 11) is -3.59. The smallest absolute Gasteiger partial charge is 0.424 e. The largest absolute Gasteiger partial charge is 0.442 e. The van der Waals surface area contributed by atoms with E-state index in [-0.39, 0.29) is 6.10 Å². The molecule has 1 amide bonds. The van der Waals surface area contributed by atoms with Gasteiger partial charge in [-0.15, -0.1) is 0 Å². The van der Waals surface area contributed by atoms with Crippen LogP contribution >= 0.6 is 0 Å². The van der Waals surface area contributed by atoms with Gasteiger partial charge in [-0.3, -0.25) is 0 Å². The summed E-state index contributed by atoms with van der Waals surface area (Å²) >= 11 is 0. The number of carbonyl (C=O) groups is 1. The fraction of sp³-hybridized carbons (Fsp3) is 0.364. The maximum atomic E-state index is 11.6. The SMILES string of the molecule is CS(=O)(=O)N1C(=O)O[C@@H]2Cc3ccccc3[C@@H]21. The zero-order valence-corrected chi connectivity index (χ0v) is 9.98. The number of rotatable bonds is 1. The normalized spacial score (nSPS) is 26.6. The molecule has 1 aliphatic heterocycles. The Kier molecular flexibility index (Phi) is 2.01. The lowest BCUT2D eigenvalue weighted by molar-refractivity contribution is 0.135. The molecule has 1 aliphatic carbocycles. The van der Waals surface area contributed by atoms with E-state index in [0.717, 1.165) is 21.7 Å². The van der Waals surface area contributed by atoms with Gasteiger partial charge < -0.3 is 4.74 Å². The summed E-state index contributed by atoms with van der Waals surface area (Å²) in [6, 6.07) is 7.02. The molecule has 1 fully saturated rings. The Morgan fingerprint density at radius 2 is 2.06 bits per heavy atom. The molecule has 0 N–H and O–H groups in total. The fourth-order valence-electron chi connectivity index (χ4n) is 2.56. The third-order valence-corrected chi connectivity index (χ3v) is 4.28. The first-order valence-corrected chi connectivity index (χ1v) is 7.11. The summed E-state index contributed by atoms with van der Waals surface area (Å²) in [5.41, 5.74) is 1.91. The molecule has 0 unspecified atom stereocenters. The van der Waals surface area contributed by atoms with Crippen LogP contribution in [0, 0.1) is 0 Å². The van der Waals surface area contributed by atoms with Crippen LogP contribution in [0.4, 0.5) is 4.79 Å². The Hall–Kier alpha value is -1.56. The highest BCUT2D eigenvalue weighted by Crippen LogP contribution is 2.43. The maximum absolute atomic E-state index is 11.6. The zero-order chi connectivity index (χ0) is 12.2. The van der Waals surface area contributed by atoms with Crippen LogP contribution < -0.4 is 0 Å². The van der Waals surface area contributed by atoms with Gasteiger partial charge in [-0.2, -0.15) is 4.31 Å². The van der Waals surface area contributed by atoms with E-state index in [1.807, 2.05) is 24.3 Å².